The van der Waals surface area contributed by atoms with E-state index in [0.29, 0.717) is 0 Å². The van der Waals surface area contributed by atoms with Crippen molar-refractivity contribution in [2.75, 3.05) is 0 Å². The fourth-order valence-electron chi connectivity index (χ4n) is 2.25. The van der Waals surface area contributed by atoms with Crippen LogP contribution < -0.4 is 4.73 Å². The van der Waals surface area contributed by atoms with Crippen molar-refractivity contribution in [3.05, 3.63) is 35.3 Å². The lowest BCUT2D eigenvalue weighted by Gasteiger charge is -2.02. The van der Waals surface area contributed by atoms with Gasteiger partial charge in [0.1, 0.15) is 0 Å². The fourth-order valence-corrected chi connectivity index (χ4v) is 2.25. The van der Waals surface area contributed by atoms with Crippen molar-refractivity contribution in [1.82, 2.24) is 0 Å². The largest absolute Gasteiger partial charge is 0.619 e. The van der Waals surface area contributed by atoms with Crippen LogP contribution in [0.4, 0.5) is 0 Å². The Kier molecular flexibility index (Phi) is 8.28. The van der Waals surface area contributed by atoms with E-state index >= 15 is 0 Å². The summed E-state index contributed by atoms with van der Waals surface area (Å²) in [5.41, 5.74) is 1.28. The van der Waals surface area contributed by atoms with Gasteiger partial charge in [0.05, 0.1) is 0 Å². The van der Waals surface area contributed by atoms with Crippen LogP contribution in [0, 0.1) is 5.21 Å². The SMILES string of the molecule is CCCCCCCCCCCc1cc[n+]([O-])cc1. The lowest BCUT2D eigenvalue weighted by molar-refractivity contribution is -0.605. The van der Waals surface area contributed by atoms with Gasteiger partial charge < -0.3 is 5.21 Å². The molecule has 0 fully saturated rings. The zero-order valence-electron chi connectivity index (χ0n) is 11.7. The number of unbranched alkanes of at least 4 members (excludes halogenated alkanes) is 8. The van der Waals surface area contributed by atoms with E-state index in [0.717, 1.165) is 11.2 Å². The molecule has 0 unspecified atom stereocenters. The Morgan fingerprint density at radius 2 is 1.33 bits per heavy atom. The molecular weight excluding hydrogens is 222 g/mol. The maximum atomic E-state index is 10.9. The number of hydrogen-bond donors (Lipinski definition) is 0. The summed E-state index contributed by atoms with van der Waals surface area (Å²) in [5, 5.41) is 10.9. The highest BCUT2D eigenvalue weighted by molar-refractivity contribution is 5.07. The van der Waals surface area contributed by atoms with Crippen LogP contribution in [0.2, 0.25) is 0 Å². The summed E-state index contributed by atoms with van der Waals surface area (Å²) in [7, 11) is 0. The molecule has 1 aromatic rings. The monoisotopic (exact) mass is 249 g/mol. The van der Waals surface area contributed by atoms with Gasteiger partial charge in [0.25, 0.3) is 0 Å². The molecular formula is C16H27NO. The van der Waals surface area contributed by atoms with E-state index in [9.17, 15) is 5.21 Å². The maximum absolute atomic E-state index is 10.9. The number of rotatable bonds is 10. The van der Waals surface area contributed by atoms with Crippen LogP contribution in [0.5, 0.6) is 0 Å². The van der Waals surface area contributed by atoms with Crippen molar-refractivity contribution in [2.24, 2.45) is 0 Å². The standard InChI is InChI=1S/C16H27NO/c1-2-3-4-5-6-7-8-9-10-11-16-12-14-17(18)15-13-16/h12-15H,2-11H2,1H3. The third-order valence-corrected chi connectivity index (χ3v) is 3.44. The van der Waals surface area contributed by atoms with Crippen molar-refractivity contribution < 1.29 is 4.73 Å². The predicted molar refractivity (Wildman–Crippen MR) is 76.3 cm³/mol. The number of aromatic nitrogens is 1. The highest BCUT2D eigenvalue weighted by atomic mass is 16.5. The molecule has 0 saturated heterocycles. The van der Waals surface area contributed by atoms with Gasteiger partial charge in [-0.15, -0.1) is 0 Å². The van der Waals surface area contributed by atoms with Gasteiger partial charge in [-0.25, -0.2) is 0 Å². The van der Waals surface area contributed by atoms with Crippen LogP contribution in [0.1, 0.15) is 70.3 Å². The molecule has 0 bridgehead atoms. The minimum atomic E-state index is 0.847. The van der Waals surface area contributed by atoms with Crippen LogP contribution in [-0.4, -0.2) is 0 Å². The molecule has 0 atom stereocenters. The molecule has 0 aliphatic rings. The third kappa shape index (κ3) is 7.31. The van der Waals surface area contributed by atoms with Gasteiger partial charge in [0.2, 0.25) is 0 Å². The van der Waals surface area contributed by atoms with Crippen LogP contribution >= 0.6 is 0 Å². The van der Waals surface area contributed by atoms with Gasteiger partial charge in [-0.1, -0.05) is 58.3 Å². The molecule has 1 rings (SSSR count). The summed E-state index contributed by atoms with van der Waals surface area (Å²) in [5.74, 6) is 0. The summed E-state index contributed by atoms with van der Waals surface area (Å²) in [6, 6.07) is 3.86. The average molecular weight is 249 g/mol. The van der Waals surface area contributed by atoms with Crippen LogP contribution in [-0.2, 0) is 6.42 Å². The highest BCUT2D eigenvalue weighted by Crippen LogP contribution is 2.11. The molecule has 0 aromatic carbocycles. The first-order valence-electron chi connectivity index (χ1n) is 7.50. The summed E-state index contributed by atoms with van der Waals surface area (Å²) in [6.07, 6.45) is 16.6. The molecule has 0 aliphatic heterocycles. The molecule has 0 spiro atoms. The van der Waals surface area contributed by atoms with E-state index in [-0.39, 0.29) is 0 Å². The molecule has 0 amide bonds. The van der Waals surface area contributed by atoms with Gasteiger partial charge in [-0.3, -0.25) is 0 Å². The van der Waals surface area contributed by atoms with Crippen molar-refractivity contribution in [3.63, 3.8) is 0 Å². The fraction of sp³-hybridized carbons (Fsp3) is 0.688. The molecule has 0 aliphatic carbocycles. The van der Waals surface area contributed by atoms with Gasteiger partial charge in [0.15, 0.2) is 12.4 Å². The lowest BCUT2D eigenvalue weighted by atomic mass is 10.0. The first kappa shape index (κ1) is 15.0. The topological polar surface area (TPSA) is 26.9 Å². The second kappa shape index (κ2) is 9.93. The molecule has 102 valence electrons. The highest BCUT2D eigenvalue weighted by Gasteiger charge is 1.96. The van der Waals surface area contributed by atoms with Crippen LogP contribution in [0.25, 0.3) is 0 Å². The Morgan fingerprint density at radius 3 is 1.89 bits per heavy atom. The lowest BCUT2D eigenvalue weighted by Crippen LogP contribution is -2.23. The Labute approximate surface area is 112 Å². The van der Waals surface area contributed by atoms with Gasteiger partial charge >= 0.3 is 0 Å². The molecule has 0 saturated carbocycles. The van der Waals surface area contributed by atoms with Crippen molar-refractivity contribution in [2.45, 2.75) is 71.1 Å². The first-order valence-corrected chi connectivity index (χ1v) is 7.50. The normalized spacial score (nSPS) is 10.7. The molecule has 1 aromatic heterocycles. The van der Waals surface area contributed by atoms with Gasteiger partial charge in [-0.2, -0.15) is 4.73 Å². The summed E-state index contributed by atoms with van der Waals surface area (Å²) >= 11 is 0. The first-order chi connectivity index (χ1) is 8.83. The molecule has 2 nitrogen and oxygen atoms in total. The Hall–Kier alpha value is -1.05. The average Bonchev–Trinajstić information content (AvgIpc) is 2.39. The Morgan fingerprint density at radius 1 is 0.833 bits per heavy atom. The summed E-state index contributed by atoms with van der Waals surface area (Å²) < 4.78 is 0.847. The number of pyridine rings is 1. The molecule has 0 N–H and O–H groups in total. The number of hydrogen-bond acceptors (Lipinski definition) is 1. The summed E-state index contributed by atoms with van der Waals surface area (Å²) in [6.45, 7) is 2.26. The van der Waals surface area contributed by atoms with E-state index < -0.39 is 0 Å². The third-order valence-electron chi connectivity index (χ3n) is 3.44. The molecule has 18 heavy (non-hydrogen) atoms. The van der Waals surface area contributed by atoms with E-state index in [1.54, 1.807) is 12.4 Å². The minimum Gasteiger partial charge on any atom is -0.619 e. The van der Waals surface area contributed by atoms with Crippen molar-refractivity contribution >= 4 is 0 Å². The zero-order valence-corrected chi connectivity index (χ0v) is 11.7. The summed E-state index contributed by atoms with van der Waals surface area (Å²) in [4.78, 5) is 0. The smallest absolute Gasteiger partial charge is 0.180 e. The van der Waals surface area contributed by atoms with Crippen molar-refractivity contribution in [1.29, 1.82) is 0 Å². The molecule has 2 heteroatoms. The second-order valence-corrected chi connectivity index (χ2v) is 5.14. The molecule has 1 heterocycles. The number of aryl methyl sites for hydroxylation is 1. The number of nitrogens with zero attached hydrogens (tertiary/aromatic N) is 1. The van der Waals surface area contributed by atoms with E-state index in [4.69, 9.17) is 0 Å². The Bertz CT molecular complexity index is 294. The second-order valence-electron chi connectivity index (χ2n) is 5.14. The predicted octanol–water partition coefficient (Wildman–Crippen LogP) is 4.39. The van der Waals surface area contributed by atoms with E-state index in [1.807, 2.05) is 12.1 Å². The maximum Gasteiger partial charge on any atom is 0.180 e. The van der Waals surface area contributed by atoms with E-state index in [2.05, 4.69) is 6.92 Å². The van der Waals surface area contributed by atoms with Gasteiger partial charge in [0, 0.05) is 12.1 Å². The minimum absolute atomic E-state index is 0.847. The van der Waals surface area contributed by atoms with Gasteiger partial charge in [-0.05, 0) is 18.4 Å². The van der Waals surface area contributed by atoms with Crippen LogP contribution in [0.15, 0.2) is 24.5 Å². The van der Waals surface area contributed by atoms with Crippen molar-refractivity contribution in [3.8, 4) is 0 Å². The van der Waals surface area contributed by atoms with E-state index in [1.165, 1.54) is 63.4 Å². The quantitative estimate of drug-likeness (QED) is 0.343. The Balaban J connectivity index is 1.91. The molecule has 0 radical (unpaired) electrons. The zero-order chi connectivity index (χ0) is 13.1. The van der Waals surface area contributed by atoms with Crippen LogP contribution in [0.3, 0.4) is 0 Å².